The molecule has 0 atom stereocenters. The van der Waals surface area contributed by atoms with Crippen LogP contribution in [0.15, 0.2) is 23.1 Å². The van der Waals surface area contributed by atoms with Crippen molar-refractivity contribution < 1.29 is 4.39 Å². The molecule has 0 amide bonds. The van der Waals surface area contributed by atoms with Gasteiger partial charge in [-0.1, -0.05) is 13.0 Å². The molecule has 1 aromatic carbocycles. The molecule has 60 valence electrons. The third-order valence-corrected chi connectivity index (χ3v) is 2.29. The van der Waals surface area contributed by atoms with E-state index >= 15 is 0 Å². The van der Waals surface area contributed by atoms with Crippen LogP contribution in [0.3, 0.4) is 0 Å². The van der Waals surface area contributed by atoms with E-state index in [0.29, 0.717) is 10.6 Å². The predicted molar refractivity (Wildman–Crippen MR) is 47.2 cm³/mol. The molecule has 1 nitrogen and oxygen atoms in total. The summed E-state index contributed by atoms with van der Waals surface area (Å²) < 4.78 is 12.9. The molecule has 11 heavy (non-hydrogen) atoms. The van der Waals surface area contributed by atoms with Gasteiger partial charge in [-0.3, -0.25) is 0 Å². The molecular formula is C8H10FNS. The highest BCUT2D eigenvalue weighted by molar-refractivity contribution is 7.99. The van der Waals surface area contributed by atoms with Crippen LogP contribution in [-0.4, -0.2) is 5.75 Å². The van der Waals surface area contributed by atoms with E-state index in [1.54, 1.807) is 12.1 Å². The van der Waals surface area contributed by atoms with Crippen LogP contribution in [0.25, 0.3) is 0 Å². The smallest absolute Gasteiger partial charge is 0.138 e. The topological polar surface area (TPSA) is 26.0 Å². The van der Waals surface area contributed by atoms with Crippen LogP contribution in [0.2, 0.25) is 0 Å². The lowest BCUT2D eigenvalue weighted by atomic mass is 10.3. The lowest BCUT2D eigenvalue weighted by molar-refractivity contribution is 0.603. The van der Waals surface area contributed by atoms with Crippen LogP contribution in [0.1, 0.15) is 6.92 Å². The van der Waals surface area contributed by atoms with Gasteiger partial charge in [-0.05, 0) is 17.9 Å². The number of halogens is 1. The molecule has 1 rings (SSSR count). The van der Waals surface area contributed by atoms with E-state index in [9.17, 15) is 4.39 Å². The minimum Gasteiger partial charge on any atom is -0.398 e. The molecule has 0 bridgehead atoms. The fourth-order valence-corrected chi connectivity index (χ4v) is 1.55. The minimum atomic E-state index is -0.225. The Morgan fingerprint density at radius 3 is 2.82 bits per heavy atom. The lowest BCUT2D eigenvalue weighted by Gasteiger charge is -2.03. The quantitative estimate of drug-likeness (QED) is 0.546. The number of hydrogen-bond donors (Lipinski definition) is 1. The summed E-state index contributed by atoms with van der Waals surface area (Å²) >= 11 is 1.43. The van der Waals surface area contributed by atoms with Gasteiger partial charge in [-0.2, -0.15) is 0 Å². The van der Waals surface area contributed by atoms with E-state index < -0.39 is 0 Å². The van der Waals surface area contributed by atoms with Crippen molar-refractivity contribution in [1.82, 2.24) is 0 Å². The maximum Gasteiger partial charge on any atom is 0.138 e. The molecular weight excluding hydrogens is 161 g/mol. The summed E-state index contributed by atoms with van der Waals surface area (Å²) in [6, 6.07) is 4.75. The van der Waals surface area contributed by atoms with Crippen LogP contribution in [-0.2, 0) is 0 Å². The lowest BCUT2D eigenvalue weighted by Crippen LogP contribution is -1.91. The molecule has 0 radical (unpaired) electrons. The Hall–Kier alpha value is -0.700. The van der Waals surface area contributed by atoms with Gasteiger partial charge in [0.25, 0.3) is 0 Å². The number of thioether (sulfide) groups is 1. The summed E-state index contributed by atoms with van der Waals surface area (Å²) in [6.45, 7) is 1.97. The van der Waals surface area contributed by atoms with Crippen LogP contribution >= 0.6 is 11.8 Å². The van der Waals surface area contributed by atoms with Crippen molar-refractivity contribution in [2.24, 2.45) is 0 Å². The summed E-state index contributed by atoms with van der Waals surface area (Å²) in [4.78, 5) is 0.565. The molecule has 1 aromatic rings. The summed E-state index contributed by atoms with van der Waals surface area (Å²) in [5.41, 5.74) is 6.07. The summed E-state index contributed by atoms with van der Waals surface area (Å²) in [6.07, 6.45) is 0. The number of nitrogens with two attached hydrogens (primary N) is 1. The maximum absolute atomic E-state index is 12.9. The van der Waals surface area contributed by atoms with Gasteiger partial charge in [0, 0.05) is 5.69 Å². The van der Waals surface area contributed by atoms with Gasteiger partial charge < -0.3 is 5.73 Å². The summed E-state index contributed by atoms with van der Waals surface area (Å²) in [5, 5.41) is 0. The number of hydrogen-bond acceptors (Lipinski definition) is 2. The van der Waals surface area contributed by atoms with Gasteiger partial charge in [0.1, 0.15) is 5.82 Å². The summed E-state index contributed by atoms with van der Waals surface area (Å²) in [5.74, 6) is 0.613. The minimum absolute atomic E-state index is 0.225. The molecule has 0 aromatic heterocycles. The normalized spacial score (nSPS) is 10.0. The van der Waals surface area contributed by atoms with E-state index in [1.807, 2.05) is 6.92 Å². The molecule has 0 saturated heterocycles. The molecule has 0 spiro atoms. The van der Waals surface area contributed by atoms with Crippen molar-refractivity contribution in [3.63, 3.8) is 0 Å². The largest absolute Gasteiger partial charge is 0.398 e. The molecule has 0 heterocycles. The zero-order valence-electron chi connectivity index (χ0n) is 6.30. The van der Waals surface area contributed by atoms with Crippen LogP contribution in [0, 0.1) is 5.82 Å². The maximum atomic E-state index is 12.9. The van der Waals surface area contributed by atoms with Crippen molar-refractivity contribution in [1.29, 1.82) is 0 Å². The highest BCUT2D eigenvalue weighted by Crippen LogP contribution is 2.27. The Morgan fingerprint density at radius 1 is 1.55 bits per heavy atom. The van der Waals surface area contributed by atoms with Crippen molar-refractivity contribution in [3.05, 3.63) is 24.0 Å². The van der Waals surface area contributed by atoms with E-state index in [1.165, 1.54) is 17.8 Å². The van der Waals surface area contributed by atoms with Gasteiger partial charge in [-0.25, -0.2) is 4.39 Å². The van der Waals surface area contributed by atoms with Gasteiger partial charge >= 0.3 is 0 Å². The Kier molecular flexibility index (Phi) is 2.76. The summed E-state index contributed by atoms with van der Waals surface area (Å²) in [7, 11) is 0. The molecule has 3 heteroatoms. The highest BCUT2D eigenvalue weighted by Gasteiger charge is 2.03. The number of anilines is 1. The SMILES string of the molecule is CCSc1c(N)cccc1F. The van der Waals surface area contributed by atoms with Gasteiger partial charge in [-0.15, -0.1) is 11.8 Å². The molecule has 0 unspecified atom stereocenters. The first-order chi connectivity index (χ1) is 5.25. The molecule has 0 saturated carbocycles. The van der Waals surface area contributed by atoms with Crippen LogP contribution in [0.5, 0.6) is 0 Å². The second kappa shape index (κ2) is 3.62. The second-order valence-corrected chi connectivity index (χ2v) is 3.37. The zero-order chi connectivity index (χ0) is 8.27. The molecule has 0 aliphatic heterocycles. The zero-order valence-corrected chi connectivity index (χ0v) is 7.12. The van der Waals surface area contributed by atoms with Crippen molar-refractivity contribution in [2.75, 3.05) is 11.5 Å². The Bertz CT molecular complexity index is 230. The molecule has 2 N–H and O–H groups in total. The van der Waals surface area contributed by atoms with Crippen molar-refractivity contribution in [2.45, 2.75) is 11.8 Å². The first-order valence-electron chi connectivity index (χ1n) is 3.42. The standard InChI is InChI=1S/C8H10FNS/c1-2-11-8-6(9)4-3-5-7(8)10/h3-5H,2,10H2,1H3. The highest BCUT2D eigenvalue weighted by atomic mass is 32.2. The first-order valence-corrected chi connectivity index (χ1v) is 4.41. The monoisotopic (exact) mass is 171 g/mol. The molecule has 0 fully saturated rings. The van der Waals surface area contributed by atoms with E-state index in [2.05, 4.69) is 0 Å². The van der Waals surface area contributed by atoms with Crippen molar-refractivity contribution in [3.8, 4) is 0 Å². The molecule has 0 aliphatic rings. The number of nitrogen functional groups attached to an aromatic ring is 1. The third-order valence-electron chi connectivity index (χ3n) is 1.29. The van der Waals surface area contributed by atoms with Gasteiger partial charge in [0.2, 0.25) is 0 Å². The Labute approximate surface area is 69.8 Å². The van der Waals surface area contributed by atoms with Gasteiger partial charge in [0.05, 0.1) is 4.90 Å². The third kappa shape index (κ3) is 1.87. The van der Waals surface area contributed by atoms with Crippen LogP contribution < -0.4 is 5.73 Å². The number of rotatable bonds is 2. The fraction of sp³-hybridized carbons (Fsp3) is 0.250. The van der Waals surface area contributed by atoms with E-state index in [0.717, 1.165) is 5.75 Å². The van der Waals surface area contributed by atoms with E-state index in [4.69, 9.17) is 5.73 Å². The first kappa shape index (κ1) is 8.40. The average Bonchev–Trinajstić information content (AvgIpc) is 1.97. The number of benzene rings is 1. The molecule has 0 aliphatic carbocycles. The fourth-order valence-electron chi connectivity index (χ4n) is 0.822. The second-order valence-electron chi connectivity index (χ2n) is 2.09. The Morgan fingerprint density at radius 2 is 2.27 bits per heavy atom. The Balaban J connectivity index is 3.00. The average molecular weight is 171 g/mol. The van der Waals surface area contributed by atoms with E-state index in [-0.39, 0.29) is 5.82 Å². The van der Waals surface area contributed by atoms with Crippen LogP contribution in [0.4, 0.5) is 10.1 Å². The predicted octanol–water partition coefficient (Wildman–Crippen LogP) is 2.52. The van der Waals surface area contributed by atoms with Crippen molar-refractivity contribution >= 4 is 17.4 Å². The van der Waals surface area contributed by atoms with Gasteiger partial charge in [0.15, 0.2) is 0 Å².